The van der Waals surface area contributed by atoms with Crippen LogP contribution < -0.4 is 0 Å². The molecule has 1 aliphatic rings. The van der Waals surface area contributed by atoms with Crippen molar-refractivity contribution in [1.82, 2.24) is 9.55 Å². The minimum absolute atomic E-state index is 0.445. The minimum Gasteiger partial charge on any atom is -0.387 e. The summed E-state index contributed by atoms with van der Waals surface area (Å²) in [6.45, 7) is 4.45. The molecule has 1 aromatic heterocycles. The number of allylic oxidation sites excluding steroid dienone is 1. The monoisotopic (exact) mass is 340 g/mol. The highest BCUT2D eigenvalue weighted by molar-refractivity contribution is 8.01. The molecule has 2 atom stereocenters. The van der Waals surface area contributed by atoms with E-state index in [1.165, 1.54) is 0 Å². The van der Waals surface area contributed by atoms with Crippen molar-refractivity contribution in [2.75, 3.05) is 0 Å². The number of fused-ring (bicyclic) bond motifs is 1. The number of benzene rings is 1. The summed E-state index contributed by atoms with van der Waals surface area (Å²) < 4.78 is 1.51. The molecule has 3 rings (SSSR count). The van der Waals surface area contributed by atoms with Crippen LogP contribution in [0.1, 0.15) is 18.1 Å². The largest absolute Gasteiger partial charge is 0.387 e. The highest BCUT2D eigenvalue weighted by Crippen LogP contribution is 2.57. The van der Waals surface area contributed by atoms with Crippen LogP contribution >= 0.6 is 35.0 Å². The standard InChI is InChI=1S/C15H14Cl2N2OS/c1-2-3-15(8-19-5-4-18-9-19)14(20)11-6-10(16)7-12(17)13(11)21-15/h2,4-7,9,14,20H,1,3,8H2. The van der Waals surface area contributed by atoms with Crippen molar-refractivity contribution in [1.29, 1.82) is 0 Å². The zero-order chi connectivity index (χ0) is 15.0. The van der Waals surface area contributed by atoms with Crippen LogP contribution in [0.5, 0.6) is 0 Å². The quantitative estimate of drug-likeness (QED) is 0.841. The molecule has 0 amide bonds. The Labute approximate surface area is 137 Å². The normalized spacial score (nSPS) is 24.0. The lowest BCUT2D eigenvalue weighted by Crippen LogP contribution is -2.33. The molecule has 3 nitrogen and oxygen atoms in total. The molecule has 2 unspecified atom stereocenters. The lowest BCUT2D eigenvalue weighted by Gasteiger charge is -2.31. The zero-order valence-electron chi connectivity index (χ0n) is 11.2. The van der Waals surface area contributed by atoms with Gasteiger partial charge in [0, 0.05) is 28.9 Å². The SMILES string of the molecule is C=CCC1(Cn2ccnc2)Sc2c(Cl)cc(Cl)cc2C1O. The number of aromatic nitrogens is 2. The van der Waals surface area contributed by atoms with E-state index in [9.17, 15) is 5.11 Å². The number of rotatable bonds is 4. The van der Waals surface area contributed by atoms with E-state index in [-0.39, 0.29) is 0 Å². The Hall–Kier alpha value is -0.940. The van der Waals surface area contributed by atoms with Gasteiger partial charge < -0.3 is 9.67 Å². The fourth-order valence-electron chi connectivity index (χ4n) is 2.70. The molecule has 1 aromatic carbocycles. The van der Waals surface area contributed by atoms with Crippen molar-refractivity contribution in [3.8, 4) is 0 Å². The summed E-state index contributed by atoms with van der Waals surface area (Å²) in [5.74, 6) is 0. The van der Waals surface area contributed by atoms with Crippen LogP contribution in [0, 0.1) is 0 Å². The van der Waals surface area contributed by atoms with Crippen molar-refractivity contribution < 1.29 is 5.11 Å². The number of thioether (sulfide) groups is 1. The van der Waals surface area contributed by atoms with Crippen LogP contribution in [0.2, 0.25) is 10.0 Å². The molecule has 110 valence electrons. The van der Waals surface area contributed by atoms with E-state index in [2.05, 4.69) is 11.6 Å². The Morgan fingerprint density at radius 1 is 1.48 bits per heavy atom. The van der Waals surface area contributed by atoms with Crippen LogP contribution in [-0.2, 0) is 6.54 Å². The molecule has 6 heteroatoms. The number of nitrogens with zero attached hydrogens (tertiary/aromatic N) is 2. The van der Waals surface area contributed by atoms with Crippen LogP contribution in [0.4, 0.5) is 0 Å². The second-order valence-electron chi connectivity index (χ2n) is 5.10. The molecule has 0 radical (unpaired) electrons. The molecule has 0 aliphatic carbocycles. The van der Waals surface area contributed by atoms with Crippen LogP contribution in [0.25, 0.3) is 0 Å². The van der Waals surface area contributed by atoms with E-state index in [0.29, 0.717) is 23.0 Å². The fourth-order valence-corrected chi connectivity index (χ4v) is 4.83. The highest BCUT2D eigenvalue weighted by atomic mass is 35.5. The van der Waals surface area contributed by atoms with Crippen molar-refractivity contribution in [2.24, 2.45) is 0 Å². The number of aliphatic hydroxyl groups is 1. The van der Waals surface area contributed by atoms with Crippen molar-refractivity contribution in [2.45, 2.75) is 28.7 Å². The first-order valence-corrected chi connectivity index (χ1v) is 8.05. The molecule has 2 aromatic rings. The van der Waals surface area contributed by atoms with Gasteiger partial charge in [-0.1, -0.05) is 29.3 Å². The summed E-state index contributed by atoms with van der Waals surface area (Å²) >= 11 is 13.9. The molecule has 0 saturated heterocycles. The molecular weight excluding hydrogens is 327 g/mol. The Morgan fingerprint density at radius 3 is 2.95 bits per heavy atom. The Balaban J connectivity index is 2.03. The van der Waals surface area contributed by atoms with Gasteiger partial charge in [-0.05, 0) is 24.1 Å². The van der Waals surface area contributed by atoms with Crippen LogP contribution in [-0.4, -0.2) is 19.4 Å². The van der Waals surface area contributed by atoms with Crippen molar-refractivity contribution in [3.05, 3.63) is 59.1 Å². The Morgan fingerprint density at radius 2 is 2.29 bits per heavy atom. The molecule has 21 heavy (non-hydrogen) atoms. The fraction of sp³-hybridized carbons (Fsp3) is 0.267. The van der Waals surface area contributed by atoms with E-state index < -0.39 is 10.9 Å². The predicted molar refractivity (Wildman–Crippen MR) is 87.1 cm³/mol. The number of aliphatic hydroxyl groups excluding tert-OH is 1. The topological polar surface area (TPSA) is 38.0 Å². The first-order chi connectivity index (χ1) is 10.1. The smallest absolute Gasteiger partial charge is 0.0972 e. The van der Waals surface area contributed by atoms with Crippen molar-refractivity contribution >= 4 is 35.0 Å². The predicted octanol–water partition coefficient (Wildman–Crippen LogP) is 4.34. The van der Waals surface area contributed by atoms with Gasteiger partial charge in [0.1, 0.15) is 0 Å². The number of hydrogen-bond donors (Lipinski definition) is 1. The molecule has 0 fully saturated rings. The number of imidazole rings is 1. The van der Waals surface area contributed by atoms with E-state index in [0.717, 1.165) is 10.5 Å². The Kier molecular flexibility index (Phi) is 4.06. The van der Waals surface area contributed by atoms with Gasteiger partial charge in [0.15, 0.2) is 0 Å². The number of halogens is 2. The second-order valence-corrected chi connectivity index (χ2v) is 7.37. The lowest BCUT2D eigenvalue weighted by molar-refractivity contribution is 0.123. The Bertz CT molecular complexity index is 675. The third-order valence-electron chi connectivity index (χ3n) is 3.63. The average Bonchev–Trinajstić information content (AvgIpc) is 3.01. The maximum Gasteiger partial charge on any atom is 0.0972 e. The zero-order valence-corrected chi connectivity index (χ0v) is 13.5. The first-order valence-electron chi connectivity index (χ1n) is 6.48. The molecule has 1 aliphatic heterocycles. The molecule has 0 bridgehead atoms. The van der Waals surface area contributed by atoms with Gasteiger partial charge in [-0.25, -0.2) is 4.98 Å². The summed E-state index contributed by atoms with van der Waals surface area (Å²) in [7, 11) is 0. The van der Waals surface area contributed by atoms with Gasteiger partial charge in [0.05, 0.1) is 22.2 Å². The van der Waals surface area contributed by atoms with Gasteiger partial charge >= 0.3 is 0 Å². The average molecular weight is 341 g/mol. The van der Waals surface area contributed by atoms with Crippen LogP contribution in [0.15, 0.2) is 48.4 Å². The van der Waals surface area contributed by atoms with Crippen LogP contribution in [0.3, 0.4) is 0 Å². The summed E-state index contributed by atoms with van der Waals surface area (Å²) in [5, 5.41) is 12.0. The first kappa shape index (κ1) is 15.0. The van der Waals surface area contributed by atoms with E-state index >= 15 is 0 Å². The molecular formula is C15H14Cl2N2OS. The third kappa shape index (κ3) is 2.61. The molecule has 1 N–H and O–H groups in total. The van der Waals surface area contributed by atoms with Crippen molar-refractivity contribution in [3.63, 3.8) is 0 Å². The van der Waals surface area contributed by atoms with Gasteiger partial charge in [0.25, 0.3) is 0 Å². The molecule has 0 spiro atoms. The summed E-state index contributed by atoms with van der Waals surface area (Å²) in [4.78, 5) is 4.96. The third-order valence-corrected chi connectivity index (χ3v) is 5.85. The summed E-state index contributed by atoms with van der Waals surface area (Å²) in [6.07, 6.45) is 7.18. The maximum absolute atomic E-state index is 10.9. The van der Waals surface area contributed by atoms with Gasteiger partial charge in [-0.3, -0.25) is 0 Å². The molecule has 0 saturated carbocycles. The van der Waals surface area contributed by atoms with Gasteiger partial charge in [-0.15, -0.1) is 18.3 Å². The lowest BCUT2D eigenvalue weighted by atomic mass is 9.92. The van der Waals surface area contributed by atoms with Gasteiger partial charge in [-0.2, -0.15) is 0 Å². The van der Waals surface area contributed by atoms with E-state index in [1.807, 2.05) is 16.8 Å². The maximum atomic E-state index is 10.9. The summed E-state index contributed by atoms with van der Waals surface area (Å²) in [6, 6.07) is 3.50. The second kappa shape index (κ2) is 5.69. The van der Waals surface area contributed by atoms with E-state index in [4.69, 9.17) is 23.2 Å². The minimum atomic E-state index is -0.658. The van der Waals surface area contributed by atoms with Gasteiger partial charge in [0.2, 0.25) is 0 Å². The molecule has 2 heterocycles. The highest BCUT2D eigenvalue weighted by Gasteiger charge is 2.47. The summed E-state index contributed by atoms with van der Waals surface area (Å²) in [5.41, 5.74) is 0.791. The van der Waals surface area contributed by atoms with E-state index in [1.54, 1.807) is 36.4 Å². The number of hydrogen-bond acceptors (Lipinski definition) is 3.